The first-order chi connectivity index (χ1) is 14.3. The molecule has 1 aromatic heterocycles. The average Bonchev–Trinajstić information content (AvgIpc) is 3.07. The summed E-state index contributed by atoms with van der Waals surface area (Å²) < 4.78 is 60.6. The minimum Gasteiger partial charge on any atom is -0.493 e. The molecule has 0 bridgehead atoms. The van der Waals surface area contributed by atoms with Crippen LogP contribution < -0.4 is 9.47 Å². The molecule has 4 rings (SSSR count). The summed E-state index contributed by atoms with van der Waals surface area (Å²) in [5.74, 6) is -0.612. The normalized spacial score (nSPS) is 17.6. The van der Waals surface area contributed by atoms with E-state index in [0.717, 1.165) is 11.8 Å². The molecule has 0 aliphatic carbocycles. The van der Waals surface area contributed by atoms with Crippen molar-refractivity contribution in [1.29, 1.82) is 0 Å². The van der Waals surface area contributed by atoms with Crippen LogP contribution in [0.2, 0.25) is 0 Å². The number of aryl methyl sites for hydroxylation is 1. The number of rotatable bonds is 5. The van der Waals surface area contributed by atoms with Gasteiger partial charge >= 0.3 is 6.61 Å². The Kier molecular flexibility index (Phi) is 5.22. The van der Waals surface area contributed by atoms with E-state index in [9.17, 15) is 22.4 Å². The molecule has 0 radical (unpaired) electrons. The number of fused-ring (bicyclic) bond motifs is 3. The van der Waals surface area contributed by atoms with Gasteiger partial charge in [0.15, 0.2) is 17.3 Å². The molecule has 2 aliphatic rings. The number of ether oxygens (including phenoxy) is 2. The molecular weight excluding hydrogens is 426 g/mol. The van der Waals surface area contributed by atoms with Gasteiger partial charge in [0.2, 0.25) is 0 Å². The van der Waals surface area contributed by atoms with Crippen molar-refractivity contribution in [3.8, 4) is 11.5 Å². The van der Waals surface area contributed by atoms with E-state index in [4.69, 9.17) is 4.74 Å². The lowest BCUT2D eigenvalue weighted by molar-refractivity contribution is -0.116. The van der Waals surface area contributed by atoms with E-state index < -0.39 is 24.2 Å². The third kappa shape index (κ3) is 3.53. The number of hydrogen-bond acceptors (Lipinski definition) is 6. The summed E-state index contributed by atoms with van der Waals surface area (Å²) in [6, 6.07) is 5.33. The van der Waals surface area contributed by atoms with Crippen molar-refractivity contribution in [1.82, 2.24) is 4.98 Å². The number of nitrogens with zero attached hydrogens (tertiary/aromatic N) is 3. The summed E-state index contributed by atoms with van der Waals surface area (Å²) in [5.41, 5.74) is 1.41. The van der Waals surface area contributed by atoms with E-state index in [1.54, 1.807) is 6.92 Å². The molecule has 1 aromatic carbocycles. The lowest BCUT2D eigenvalue weighted by Gasteiger charge is -2.16. The number of methoxy groups -OCH3 is 1. The van der Waals surface area contributed by atoms with Crippen LogP contribution in [0.5, 0.6) is 11.5 Å². The van der Waals surface area contributed by atoms with Gasteiger partial charge in [0.05, 0.1) is 12.8 Å². The molecule has 0 saturated heterocycles. The second-order valence-electron chi connectivity index (χ2n) is 6.36. The Morgan fingerprint density at radius 1 is 1.10 bits per heavy atom. The highest BCUT2D eigenvalue weighted by atomic mass is 32.2. The van der Waals surface area contributed by atoms with Gasteiger partial charge in [0.25, 0.3) is 12.3 Å². The highest BCUT2D eigenvalue weighted by Crippen LogP contribution is 2.41. The second kappa shape index (κ2) is 7.71. The largest absolute Gasteiger partial charge is 0.493 e. The number of alkyl halides is 4. The number of benzene rings is 1. The summed E-state index contributed by atoms with van der Waals surface area (Å²) >= 11 is 1.03. The Labute approximate surface area is 172 Å². The second-order valence-corrected chi connectivity index (χ2v) is 7.45. The number of pyridine rings is 1. The van der Waals surface area contributed by atoms with Crippen molar-refractivity contribution in [2.75, 3.05) is 7.11 Å². The number of hydrogen-bond donors (Lipinski definition) is 0. The number of halogens is 4. The first-order valence-electron chi connectivity index (χ1n) is 8.59. The molecule has 0 fully saturated rings. The zero-order valence-corrected chi connectivity index (χ0v) is 16.3. The monoisotopic (exact) mass is 439 g/mol. The Morgan fingerprint density at radius 2 is 1.87 bits per heavy atom. The van der Waals surface area contributed by atoms with Gasteiger partial charge in [0.1, 0.15) is 16.0 Å². The van der Waals surface area contributed by atoms with E-state index >= 15 is 0 Å². The summed E-state index contributed by atoms with van der Waals surface area (Å²) in [6.45, 7) is -1.38. The van der Waals surface area contributed by atoms with Gasteiger partial charge in [-0.2, -0.15) is 13.8 Å². The number of thioether (sulfide) groups is 1. The number of amidine groups is 1. The van der Waals surface area contributed by atoms with Crippen molar-refractivity contribution in [3.05, 3.63) is 46.6 Å². The predicted octanol–water partition coefficient (Wildman–Crippen LogP) is 4.19. The molecule has 1 atom stereocenters. The molecule has 30 heavy (non-hydrogen) atoms. The van der Waals surface area contributed by atoms with E-state index in [1.807, 2.05) is 0 Å². The van der Waals surface area contributed by atoms with Crippen molar-refractivity contribution in [3.63, 3.8) is 0 Å². The molecular formula is C19H13F4N3O3S. The van der Waals surface area contributed by atoms with E-state index in [2.05, 4.69) is 19.7 Å². The molecule has 2 aliphatic heterocycles. The quantitative estimate of drug-likeness (QED) is 0.654. The van der Waals surface area contributed by atoms with Crippen LogP contribution in [0.3, 0.4) is 0 Å². The third-order valence-electron chi connectivity index (χ3n) is 4.47. The lowest BCUT2D eigenvalue weighted by atomic mass is 10.0. The predicted molar refractivity (Wildman–Crippen MR) is 101 cm³/mol. The zero-order valence-electron chi connectivity index (χ0n) is 15.5. The lowest BCUT2D eigenvalue weighted by Crippen LogP contribution is -2.29. The standard InChI is InChI=1S/C19H13F4N3O3S/c1-7-5-9(15(20)21)24-18-12(7)13-14(30-18)17(27)26-16(25-13)8-3-4-10(29-19(22)23)11(6-8)28-2/h3-6,14-15,19H,1-2H3. The SMILES string of the molecule is COc1cc(C2=NC(=O)C3Sc4nc(C(F)F)cc(C)c4C3=N2)ccc1OC(F)F. The van der Waals surface area contributed by atoms with Gasteiger partial charge in [0, 0.05) is 11.1 Å². The molecule has 6 nitrogen and oxygen atoms in total. The van der Waals surface area contributed by atoms with Gasteiger partial charge in [-0.15, -0.1) is 0 Å². The maximum absolute atomic E-state index is 13.1. The fourth-order valence-electron chi connectivity index (χ4n) is 3.19. The number of aromatic nitrogens is 1. The van der Waals surface area contributed by atoms with Crippen LogP contribution in [0.15, 0.2) is 39.3 Å². The van der Waals surface area contributed by atoms with Crippen LogP contribution in [-0.4, -0.2) is 41.4 Å². The van der Waals surface area contributed by atoms with Crippen LogP contribution in [0.25, 0.3) is 0 Å². The molecule has 0 N–H and O–H groups in total. The van der Waals surface area contributed by atoms with Gasteiger partial charge in [-0.05, 0) is 36.8 Å². The van der Waals surface area contributed by atoms with Crippen molar-refractivity contribution in [2.45, 2.75) is 30.2 Å². The van der Waals surface area contributed by atoms with E-state index in [1.165, 1.54) is 31.4 Å². The molecule has 2 aromatic rings. The molecule has 156 valence electrons. The smallest absolute Gasteiger partial charge is 0.387 e. The van der Waals surface area contributed by atoms with Crippen molar-refractivity contribution < 1.29 is 31.8 Å². The van der Waals surface area contributed by atoms with Crippen LogP contribution in [0.1, 0.15) is 28.8 Å². The van der Waals surface area contributed by atoms with Crippen LogP contribution in [0.4, 0.5) is 17.6 Å². The van der Waals surface area contributed by atoms with Crippen LogP contribution in [-0.2, 0) is 4.79 Å². The first-order valence-corrected chi connectivity index (χ1v) is 9.47. The highest BCUT2D eigenvalue weighted by Gasteiger charge is 2.40. The molecule has 11 heteroatoms. The third-order valence-corrected chi connectivity index (χ3v) is 5.64. The zero-order chi connectivity index (χ0) is 21.6. The Balaban J connectivity index is 1.76. The maximum atomic E-state index is 13.1. The van der Waals surface area contributed by atoms with Gasteiger partial charge < -0.3 is 9.47 Å². The summed E-state index contributed by atoms with van der Waals surface area (Å²) in [7, 11) is 1.28. The Morgan fingerprint density at radius 3 is 2.53 bits per heavy atom. The number of amides is 1. The van der Waals surface area contributed by atoms with E-state index in [0.29, 0.717) is 27.4 Å². The topological polar surface area (TPSA) is 73.1 Å². The van der Waals surface area contributed by atoms with Crippen molar-refractivity contribution >= 4 is 29.2 Å². The number of carbonyl (C=O) groups excluding carboxylic acids is 1. The molecule has 3 heterocycles. The number of carbonyl (C=O) groups is 1. The Hall–Kier alpha value is -2.95. The van der Waals surface area contributed by atoms with Crippen LogP contribution >= 0.6 is 11.8 Å². The Bertz CT molecular complexity index is 1100. The molecule has 0 saturated carbocycles. The van der Waals surface area contributed by atoms with E-state index in [-0.39, 0.29) is 23.0 Å². The van der Waals surface area contributed by atoms with Gasteiger partial charge in [-0.25, -0.2) is 18.8 Å². The maximum Gasteiger partial charge on any atom is 0.387 e. The summed E-state index contributed by atoms with van der Waals surface area (Å²) in [6.07, 6.45) is -2.73. The molecule has 1 unspecified atom stereocenters. The molecule has 1 amide bonds. The minimum absolute atomic E-state index is 0.0193. The van der Waals surface area contributed by atoms with Crippen LogP contribution in [0, 0.1) is 6.92 Å². The summed E-state index contributed by atoms with van der Waals surface area (Å²) in [4.78, 5) is 25.0. The highest BCUT2D eigenvalue weighted by molar-refractivity contribution is 8.02. The van der Waals surface area contributed by atoms with Crippen molar-refractivity contribution in [2.24, 2.45) is 9.98 Å². The van der Waals surface area contributed by atoms with Gasteiger partial charge in [-0.3, -0.25) is 4.79 Å². The number of aliphatic imine (C=N–C) groups is 2. The summed E-state index contributed by atoms with van der Waals surface area (Å²) in [5, 5.41) is -0.469. The van der Waals surface area contributed by atoms with Gasteiger partial charge in [-0.1, -0.05) is 11.8 Å². The first kappa shape index (κ1) is 20.3. The fourth-order valence-corrected chi connectivity index (χ4v) is 4.39. The molecule has 0 spiro atoms. The average molecular weight is 439 g/mol. The fraction of sp³-hybridized carbons (Fsp3) is 0.263. The minimum atomic E-state index is -3.03.